The zero-order valence-electron chi connectivity index (χ0n) is 10.3. The fourth-order valence-corrected chi connectivity index (χ4v) is 2.69. The Labute approximate surface area is 114 Å². The lowest BCUT2D eigenvalue weighted by molar-refractivity contribution is -0.313. The number of fused-ring (bicyclic) bond motifs is 2. The van der Waals surface area contributed by atoms with E-state index < -0.39 is 41.7 Å². The van der Waals surface area contributed by atoms with E-state index in [1.165, 1.54) is 18.2 Å². The molecule has 0 radical (unpaired) electrons. The lowest BCUT2D eigenvalue weighted by atomic mass is 9.82. The number of carboxylic acid groups (broad SMARTS) is 1. The molecule has 1 saturated heterocycles. The first-order valence-electron chi connectivity index (χ1n) is 6.17. The molecule has 3 rings (SSSR count). The molecule has 0 saturated carbocycles. The SMILES string of the molecule is O=C([O-])[C@@H]1[C@H](C(=O)Nc2cccc(F)c2)[C@@H]2C=C[C@H]1O2. The van der Waals surface area contributed by atoms with Crippen LogP contribution in [0, 0.1) is 17.7 Å². The fraction of sp³-hybridized carbons (Fsp3) is 0.286. The maximum absolute atomic E-state index is 13.1. The maximum atomic E-state index is 13.1. The molecule has 5 nitrogen and oxygen atoms in total. The Morgan fingerprint density at radius 1 is 1.20 bits per heavy atom. The summed E-state index contributed by atoms with van der Waals surface area (Å²) in [6.07, 6.45) is 2.08. The number of benzene rings is 1. The second-order valence-electron chi connectivity index (χ2n) is 4.82. The standard InChI is InChI=1S/C14H12FNO4/c15-7-2-1-3-8(6-7)16-13(17)11-9-4-5-10(20-9)12(11)14(18)19/h1-6,9-12H,(H,16,17)(H,18,19)/p-1/t9-,10+,11+,12-/m0/s1. The highest BCUT2D eigenvalue weighted by molar-refractivity contribution is 5.96. The van der Waals surface area contributed by atoms with Gasteiger partial charge in [-0.05, 0) is 18.2 Å². The molecule has 104 valence electrons. The third kappa shape index (κ3) is 2.08. The van der Waals surface area contributed by atoms with Crippen LogP contribution in [0.3, 0.4) is 0 Å². The first kappa shape index (κ1) is 12.8. The van der Waals surface area contributed by atoms with E-state index in [1.54, 1.807) is 12.2 Å². The van der Waals surface area contributed by atoms with Crippen LogP contribution in [0.2, 0.25) is 0 Å². The van der Waals surface area contributed by atoms with Crippen LogP contribution in [0.15, 0.2) is 36.4 Å². The lowest BCUT2D eigenvalue weighted by Crippen LogP contribution is -2.45. The first-order valence-corrected chi connectivity index (χ1v) is 6.17. The minimum absolute atomic E-state index is 0.277. The predicted octanol–water partition coefficient (Wildman–Crippen LogP) is 0.0837. The number of amides is 1. The highest BCUT2D eigenvalue weighted by Gasteiger charge is 2.50. The van der Waals surface area contributed by atoms with Crippen LogP contribution < -0.4 is 10.4 Å². The van der Waals surface area contributed by atoms with E-state index in [9.17, 15) is 19.1 Å². The van der Waals surface area contributed by atoms with Gasteiger partial charge in [-0.25, -0.2) is 4.39 Å². The van der Waals surface area contributed by atoms with Crippen molar-refractivity contribution in [3.8, 4) is 0 Å². The number of hydrogen-bond acceptors (Lipinski definition) is 4. The number of carboxylic acids is 1. The van der Waals surface area contributed by atoms with E-state index in [0.717, 1.165) is 6.07 Å². The topological polar surface area (TPSA) is 78.5 Å². The molecule has 2 aliphatic heterocycles. The summed E-state index contributed by atoms with van der Waals surface area (Å²) in [5.41, 5.74) is 0.277. The van der Waals surface area contributed by atoms with Gasteiger partial charge in [-0.3, -0.25) is 4.79 Å². The van der Waals surface area contributed by atoms with E-state index in [2.05, 4.69) is 5.32 Å². The second kappa shape index (κ2) is 4.72. The Hall–Kier alpha value is -2.21. The molecule has 2 aliphatic rings. The van der Waals surface area contributed by atoms with Crippen molar-refractivity contribution < 1.29 is 23.8 Å². The van der Waals surface area contributed by atoms with Gasteiger partial charge in [0.05, 0.1) is 18.1 Å². The van der Waals surface area contributed by atoms with E-state index in [-0.39, 0.29) is 5.69 Å². The highest BCUT2D eigenvalue weighted by atomic mass is 19.1. The van der Waals surface area contributed by atoms with Gasteiger partial charge < -0.3 is 20.0 Å². The highest BCUT2D eigenvalue weighted by Crippen LogP contribution is 2.39. The van der Waals surface area contributed by atoms with Crippen molar-refractivity contribution in [2.75, 3.05) is 5.32 Å². The Balaban J connectivity index is 1.80. The monoisotopic (exact) mass is 276 g/mol. The molecule has 1 aromatic rings. The minimum atomic E-state index is -1.32. The van der Waals surface area contributed by atoms with Crippen LogP contribution >= 0.6 is 0 Å². The Kier molecular flexibility index (Phi) is 3.02. The zero-order valence-corrected chi connectivity index (χ0v) is 10.3. The Bertz CT molecular complexity index is 601. The maximum Gasteiger partial charge on any atom is 0.231 e. The smallest absolute Gasteiger partial charge is 0.231 e. The van der Waals surface area contributed by atoms with Crippen LogP contribution in [-0.2, 0) is 14.3 Å². The van der Waals surface area contributed by atoms with Crippen molar-refractivity contribution in [2.45, 2.75) is 12.2 Å². The van der Waals surface area contributed by atoms with E-state index >= 15 is 0 Å². The molecule has 0 aliphatic carbocycles. The van der Waals surface area contributed by atoms with E-state index in [4.69, 9.17) is 4.74 Å². The van der Waals surface area contributed by atoms with Crippen LogP contribution in [0.25, 0.3) is 0 Å². The molecular weight excluding hydrogens is 265 g/mol. The predicted molar refractivity (Wildman–Crippen MR) is 64.8 cm³/mol. The van der Waals surface area contributed by atoms with Crippen LogP contribution in [0.5, 0.6) is 0 Å². The molecule has 2 heterocycles. The average Bonchev–Trinajstić information content (AvgIpc) is 2.98. The molecule has 0 unspecified atom stereocenters. The van der Waals surface area contributed by atoms with Gasteiger partial charge in [-0.15, -0.1) is 0 Å². The first-order chi connectivity index (χ1) is 9.56. The molecule has 4 atom stereocenters. The second-order valence-corrected chi connectivity index (χ2v) is 4.82. The van der Waals surface area contributed by atoms with Gasteiger partial charge in [0.1, 0.15) is 5.82 Å². The lowest BCUT2D eigenvalue weighted by Gasteiger charge is -2.24. The van der Waals surface area contributed by atoms with E-state index in [1.807, 2.05) is 0 Å². The summed E-state index contributed by atoms with van der Waals surface area (Å²) in [5, 5.41) is 13.7. The molecule has 2 bridgehead atoms. The normalized spacial score (nSPS) is 30.4. The van der Waals surface area contributed by atoms with Crippen molar-refractivity contribution >= 4 is 17.6 Å². The summed E-state index contributed by atoms with van der Waals surface area (Å²) in [5.74, 6) is -4.19. The van der Waals surface area contributed by atoms with Crippen molar-refractivity contribution in [1.29, 1.82) is 0 Å². The fourth-order valence-electron chi connectivity index (χ4n) is 2.69. The van der Waals surface area contributed by atoms with Crippen LogP contribution in [-0.4, -0.2) is 24.1 Å². The molecule has 0 spiro atoms. The number of hydrogen-bond donors (Lipinski definition) is 1. The molecule has 1 aromatic carbocycles. The van der Waals surface area contributed by atoms with Gasteiger partial charge in [0.2, 0.25) is 5.91 Å². The Morgan fingerprint density at radius 3 is 2.55 bits per heavy atom. The summed E-state index contributed by atoms with van der Waals surface area (Å²) >= 11 is 0. The number of rotatable bonds is 3. The Morgan fingerprint density at radius 2 is 1.90 bits per heavy atom. The zero-order chi connectivity index (χ0) is 14.3. The van der Waals surface area contributed by atoms with Gasteiger partial charge in [0.25, 0.3) is 0 Å². The molecule has 0 aromatic heterocycles. The van der Waals surface area contributed by atoms with Crippen LogP contribution in [0.4, 0.5) is 10.1 Å². The quantitative estimate of drug-likeness (QED) is 0.793. The molecule has 6 heteroatoms. The third-order valence-corrected chi connectivity index (χ3v) is 3.57. The number of anilines is 1. The van der Waals surface area contributed by atoms with Gasteiger partial charge in [-0.2, -0.15) is 0 Å². The van der Waals surface area contributed by atoms with Crippen LogP contribution in [0.1, 0.15) is 0 Å². The van der Waals surface area contributed by atoms with Gasteiger partial charge in [0.15, 0.2) is 0 Å². The summed E-state index contributed by atoms with van der Waals surface area (Å²) in [7, 11) is 0. The van der Waals surface area contributed by atoms with Crippen molar-refractivity contribution in [3.63, 3.8) is 0 Å². The largest absolute Gasteiger partial charge is 0.550 e. The molecule has 1 fully saturated rings. The molecule has 20 heavy (non-hydrogen) atoms. The minimum Gasteiger partial charge on any atom is -0.550 e. The van der Waals surface area contributed by atoms with E-state index in [0.29, 0.717) is 0 Å². The molecule has 1 amide bonds. The number of halogens is 1. The number of ether oxygens (including phenoxy) is 1. The summed E-state index contributed by atoms with van der Waals surface area (Å²) in [6, 6.07) is 5.40. The van der Waals surface area contributed by atoms with Crippen molar-refractivity contribution in [1.82, 2.24) is 0 Å². The summed E-state index contributed by atoms with van der Waals surface area (Å²) in [4.78, 5) is 23.3. The molecular formula is C14H11FNO4-. The number of carbonyl (C=O) groups is 2. The summed E-state index contributed by atoms with van der Waals surface area (Å²) < 4.78 is 18.4. The van der Waals surface area contributed by atoms with Gasteiger partial charge in [0, 0.05) is 17.6 Å². The average molecular weight is 276 g/mol. The summed E-state index contributed by atoms with van der Waals surface area (Å²) in [6.45, 7) is 0. The van der Waals surface area contributed by atoms with Gasteiger partial charge >= 0.3 is 0 Å². The number of nitrogens with one attached hydrogen (secondary N) is 1. The van der Waals surface area contributed by atoms with Gasteiger partial charge in [-0.1, -0.05) is 18.2 Å². The number of aliphatic carboxylic acids is 1. The van der Waals surface area contributed by atoms with Crippen molar-refractivity contribution in [2.24, 2.45) is 11.8 Å². The van der Waals surface area contributed by atoms with Crippen molar-refractivity contribution in [3.05, 3.63) is 42.2 Å². The molecule has 1 N–H and O–H groups in total. The third-order valence-electron chi connectivity index (χ3n) is 3.57. The number of carbonyl (C=O) groups excluding carboxylic acids is 2.